The molecule has 0 saturated carbocycles. The second-order valence-corrected chi connectivity index (χ2v) is 6.62. The lowest BCUT2D eigenvalue weighted by Gasteiger charge is -2.14. The maximum Gasteiger partial charge on any atom is 0.238 e. The third-order valence-electron chi connectivity index (χ3n) is 2.74. The highest BCUT2D eigenvalue weighted by atomic mass is 35.5. The average Bonchev–Trinajstić information content (AvgIpc) is 2.41. The molecule has 1 aromatic carbocycles. The highest BCUT2D eigenvalue weighted by molar-refractivity contribution is 7.99. The Hall–Kier alpha value is -0.420. The molecule has 1 amide bonds. The molecular weight excluding hydrogens is 315 g/mol. The van der Waals surface area contributed by atoms with Gasteiger partial charge >= 0.3 is 0 Å². The first-order valence-electron chi connectivity index (χ1n) is 6.59. The molecule has 1 atom stereocenters. The predicted molar refractivity (Wildman–Crippen MR) is 90.2 cm³/mol. The number of amides is 1. The van der Waals surface area contributed by atoms with Crippen molar-refractivity contribution in [1.29, 1.82) is 0 Å². The number of anilines is 1. The molecule has 0 aliphatic rings. The van der Waals surface area contributed by atoms with Crippen LogP contribution < -0.4 is 10.6 Å². The van der Waals surface area contributed by atoms with Gasteiger partial charge in [0.15, 0.2) is 0 Å². The summed E-state index contributed by atoms with van der Waals surface area (Å²) < 4.78 is 0. The van der Waals surface area contributed by atoms with Gasteiger partial charge in [0, 0.05) is 6.04 Å². The first kappa shape index (κ1) is 17.6. The van der Waals surface area contributed by atoms with Crippen LogP contribution in [0.3, 0.4) is 0 Å². The van der Waals surface area contributed by atoms with Crippen LogP contribution in [0.25, 0.3) is 0 Å². The third-order valence-corrected chi connectivity index (χ3v) is 4.30. The van der Waals surface area contributed by atoms with Crippen LogP contribution in [0.2, 0.25) is 10.0 Å². The molecule has 0 aliphatic heterocycles. The number of para-hydroxylation sites is 1. The van der Waals surface area contributed by atoms with Gasteiger partial charge < -0.3 is 10.6 Å². The molecule has 0 radical (unpaired) electrons. The van der Waals surface area contributed by atoms with Crippen molar-refractivity contribution >= 4 is 46.6 Å². The van der Waals surface area contributed by atoms with Crippen molar-refractivity contribution in [2.45, 2.75) is 26.3 Å². The van der Waals surface area contributed by atoms with E-state index in [0.717, 1.165) is 17.9 Å². The monoisotopic (exact) mass is 334 g/mol. The van der Waals surface area contributed by atoms with E-state index in [0.29, 0.717) is 21.8 Å². The largest absolute Gasteiger partial charge is 0.322 e. The highest BCUT2D eigenvalue weighted by Crippen LogP contribution is 2.29. The fourth-order valence-electron chi connectivity index (χ4n) is 1.57. The number of thioether (sulfide) groups is 1. The van der Waals surface area contributed by atoms with E-state index in [1.807, 2.05) is 11.8 Å². The van der Waals surface area contributed by atoms with Gasteiger partial charge in [0.25, 0.3) is 0 Å². The van der Waals surface area contributed by atoms with Gasteiger partial charge in [0.1, 0.15) is 0 Å². The first-order chi connectivity index (χ1) is 9.54. The van der Waals surface area contributed by atoms with E-state index in [4.69, 9.17) is 23.2 Å². The second-order valence-electron chi connectivity index (χ2n) is 4.41. The normalized spacial score (nSPS) is 12.2. The zero-order valence-electron chi connectivity index (χ0n) is 11.7. The molecule has 3 nitrogen and oxygen atoms in total. The number of hydrogen-bond acceptors (Lipinski definition) is 3. The van der Waals surface area contributed by atoms with E-state index in [-0.39, 0.29) is 12.5 Å². The van der Waals surface area contributed by atoms with Crippen LogP contribution >= 0.6 is 35.0 Å². The van der Waals surface area contributed by atoms with Crippen molar-refractivity contribution < 1.29 is 4.79 Å². The lowest BCUT2D eigenvalue weighted by atomic mass is 10.2. The van der Waals surface area contributed by atoms with E-state index in [1.54, 1.807) is 18.2 Å². The minimum Gasteiger partial charge on any atom is -0.322 e. The summed E-state index contributed by atoms with van der Waals surface area (Å²) in [5.41, 5.74) is 0.469. The molecule has 112 valence electrons. The summed E-state index contributed by atoms with van der Waals surface area (Å²) in [6, 6.07) is 5.44. The molecule has 0 bridgehead atoms. The van der Waals surface area contributed by atoms with Crippen LogP contribution in [0, 0.1) is 0 Å². The predicted octanol–water partition coefficient (Wildman–Crippen LogP) is 4.05. The molecule has 0 aliphatic carbocycles. The zero-order valence-corrected chi connectivity index (χ0v) is 14.0. The summed E-state index contributed by atoms with van der Waals surface area (Å²) in [7, 11) is 0. The van der Waals surface area contributed by atoms with Crippen molar-refractivity contribution in [1.82, 2.24) is 5.32 Å². The molecule has 0 spiro atoms. The molecule has 1 unspecified atom stereocenters. The standard InChI is InChI=1S/C14H20Cl2N2OS/c1-3-20-8-7-10(2)17-9-13(19)18-14-11(15)5-4-6-12(14)16/h4-6,10,17H,3,7-9H2,1-2H3,(H,18,19). The fraction of sp³-hybridized carbons (Fsp3) is 0.500. The summed E-state index contributed by atoms with van der Waals surface area (Å²) >= 11 is 13.9. The van der Waals surface area contributed by atoms with Gasteiger partial charge in [-0.1, -0.05) is 36.2 Å². The number of benzene rings is 1. The maximum atomic E-state index is 11.9. The Morgan fingerprint density at radius 3 is 2.60 bits per heavy atom. The quantitative estimate of drug-likeness (QED) is 0.704. The highest BCUT2D eigenvalue weighted by Gasteiger charge is 2.10. The molecule has 0 heterocycles. The van der Waals surface area contributed by atoms with Crippen LogP contribution in [0.1, 0.15) is 20.3 Å². The first-order valence-corrected chi connectivity index (χ1v) is 8.50. The molecule has 6 heteroatoms. The Balaban J connectivity index is 2.37. The van der Waals surface area contributed by atoms with Gasteiger partial charge in [-0.15, -0.1) is 0 Å². The van der Waals surface area contributed by atoms with E-state index < -0.39 is 0 Å². The molecule has 20 heavy (non-hydrogen) atoms. The molecule has 0 aromatic heterocycles. The number of carbonyl (C=O) groups excluding carboxylic acids is 1. The van der Waals surface area contributed by atoms with Gasteiger partial charge in [-0.05, 0) is 37.0 Å². The molecule has 1 aromatic rings. The number of rotatable bonds is 8. The number of halogens is 2. The van der Waals surface area contributed by atoms with Crippen LogP contribution in [-0.4, -0.2) is 30.0 Å². The average molecular weight is 335 g/mol. The van der Waals surface area contributed by atoms with Crippen molar-refractivity contribution in [3.05, 3.63) is 28.2 Å². The van der Waals surface area contributed by atoms with Crippen LogP contribution in [0.4, 0.5) is 5.69 Å². The Kier molecular flexibility index (Phi) is 8.38. The smallest absolute Gasteiger partial charge is 0.238 e. The zero-order chi connectivity index (χ0) is 15.0. The number of hydrogen-bond donors (Lipinski definition) is 2. The summed E-state index contributed by atoms with van der Waals surface area (Å²) in [4.78, 5) is 11.9. The maximum absolute atomic E-state index is 11.9. The summed E-state index contributed by atoms with van der Waals surface area (Å²) in [6.07, 6.45) is 1.04. The van der Waals surface area contributed by atoms with E-state index in [2.05, 4.69) is 24.5 Å². The van der Waals surface area contributed by atoms with Gasteiger partial charge in [0.05, 0.1) is 22.3 Å². The van der Waals surface area contributed by atoms with E-state index in [9.17, 15) is 4.79 Å². The molecule has 1 rings (SSSR count). The molecule has 2 N–H and O–H groups in total. The van der Waals surface area contributed by atoms with Gasteiger partial charge in [0.2, 0.25) is 5.91 Å². The van der Waals surface area contributed by atoms with Crippen molar-refractivity contribution in [2.24, 2.45) is 0 Å². The summed E-state index contributed by atoms with van der Waals surface area (Å²) in [6.45, 7) is 4.47. The second kappa shape index (κ2) is 9.50. The molecular formula is C14H20Cl2N2OS. The summed E-state index contributed by atoms with van der Waals surface area (Å²) in [5, 5.41) is 6.81. The van der Waals surface area contributed by atoms with Crippen molar-refractivity contribution in [3.8, 4) is 0 Å². The third kappa shape index (κ3) is 6.35. The SMILES string of the molecule is CCSCCC(C)NCC(=O)Nc1c(Cl)cccc1Cl. The Morgan fingerprint density at radius 1 is 1.35 bits per heavy atom. The summed E-state index contributed by atoms with van der Waals surface area (Å²) in [5.74, 6) is 2.08. The Labute approximate surface area is 134 Å². The van der Waals surface area contributed by atoms with Gasteiger partial charge in [-0.3, -0.25) is 4.79 Å². The Bertz CT molecular complexity index is 423. The number of nitrogens with one attached hydrogen (secondary N) is 2. The van der Waals surface area contributed by atoms with Gasteiger partial charge in [-0.2, -0.15) is 11.8 Å². The topological polar surface area (TPSA) is 41.1 Å². The van der Waals surface area contributed by atoms with Crippen molar-refractivity contribution in [2.75, 3.05) is 23.4 Å². The van der Waals surface area contributed by atoms with E-state index in [1.165, 1.54) is 0 Å². The molecule has 0 fully saturated rings. The molecule has 0 saturated heterocycles. The van der Waals surface area contributed by atoms with Crippen LogP contribution in [0.5, 0.6) is 0 Å². The number of carbonyl (C=O) groups is 1. The van der Waals surface area contributed by atoms with Crippen LogP contribution in [-0.2, 0) is 4.79 Å². The fourth-order valence-corrected chi connectivity index (χ4v) is 2.88. The van der Waals surface area contributed by atoms with Crippen LogP contribution in [0.15, 0.2) is 18.2 Å². The Morgan fingerprint density at radius 2 is 2.00 bits per heavy atom. The minimum absolute atomic E-state index is 0.144. The lowest BCUT2D eigenvalue weighted by molar-refractivity contribution is -0.115. The van der Waals surface area contributed by atoms with Gasteiger partial charge in [-0.25, -0.2) is 0 Å². The van der Waals surface area contributed by atoms with E-state index >= 15 is 0 Å². The minimum atomic E-state index is -0.144. The van der Waals surface area contributed by atoms with Crippen molar-refractivity contribution in [3.63, 3.8) is 0 Å². The lowest BCUT2D eigenvalue weighted by Crippen LogP contribution is -2.34.